The first-order valence-electron chi connectivity index (χ1n) is 7.85. The van der Waals surface area contributed by atoms with Crippen molar-refractivity contribution in [3.05, 3.63) is 35.0 Å². The van der Waals surface area contributed by atoms with Crippen LogP contribution in [-0.2, 0) is 4.84 Å². The highest BCUT2D eigenvalue weighted by Crippen LogP contribution is 2.36. The smallest absolute Gasteiger partial charge is 0.279 e. The summed E-state index contributed by atoms with van der Waals surface area (Å²) in [5, 5.41) is 12.2. The Morgan fingerprint density at radius 2 is 2.17 bits per heavy atom. The Hall–Kier alpha value is -1.89. The highest BCUT2D eigenvalue weighted by Gasteiger charge is 2.27. The molecular weight excluding hydrogens is 330 g/mol. The molecule has 6 nitrogen and oxygen atoms in total. The maximum absolute atomic E-state index is 12.7. The molecule has 0 unspecified atom stereocenters. The average molecular weight is 350 g/mol. The van der Waals surface area contributed by atoms with E-state index in [9.17, 15) is 9.90 Å². The number of aromatic nitrogens is 1. The van der Waals surface area contributed by atoms with Crippen LogP contribution in [0, 0.1) is 0 Å². The highest BCUT2D eigenvalue weighted by molar-refractivity contribution is 6.36. The summed E-state index contributed by atoms with van der Waals surface area (Å²) in [4.78, 5) is 24.3. The Labute approximate surface area is 145 Å². The van der Waals surface area contributed by atoms with Gasteiger partial charge in [-0.3, -0.25) is 14.6 Å². The van der Waals surface area contributed by atoms with Crippen molar-refractivity contribution in [1.29, 1.82) is 0 Å². The van der Waals surface area contributed by atoms with Crippen molar-refractivity contribution in [3.8, 4) is 0 Å². The van der Waals surface area contributed by atoms with Gasteiger partial charge in [-0.2, -0.15) is 0 Å². The number of benzene rings is 1. The molecule has 128 valence electrons. The number of aliphatic hydroxyl groups is 1. The molecule has 0 bridgehead atoms. The van der Waals surface area contributed by atoms with E-state index in [-0.39, 0.29) is 12.0 Å². The second kappa shape index (κ2) is 6.93. The number of pyridine rings is 1. The summed E-state index contributed by atoms with van der Waals surface area (Å²) < 4.78 is 0. The zero-order valence-electron chi connectivity index (χ0n) is 13.7. The van der Waals surface area contributed by atoms with Crippen LogP contribution < -0.4 is 4.90 Å². The Bertz CT molecular complexity index is 760. The Kier molecular flexibility index (Phi) is 4.89. The van der Waals surface area contributed by atoms with E-state index in [2.05, 4.69) is 9.88 Å². The molecule has 3 rings (SSSR count). The minimum absolute atomic E-state index is 0.284. The summed E-state index contributed by atoms with van der Waals surface area (Å²) in [7, 11) is 3.00. The standard InChI is InChI=1S/C17H20ClN3O3/c1-20(24-2)17(23)13-10-14(18)12-4-3-7-19-15(12)16(13)21-8-5-11(22)6-9-21/h3-4,7,10-11,22H,5-6,8-9H2,1-2H3. The van der Waals surface area contributed by atoms with Crippen LogP contribution in [0.2, 0.25) is 5.02 Å². The molecule has 0 spiro atoms. The number of amides is 1. The summed E-state index contributed by atoms with van der Waals surface area (Å²) in [6.07, 6.45) is 2.71. The van der Waals surface area contributed by atoms with E-state index < -0.39 is 0 Å². The van der Waals surface area contributed by atoms with Gasteiger partial charge >= 0.3 is 0 Å². The van der Waals surface area contributed by atoms with Gasteiger partial charge in [0.15, 0.2) is 0 Å². The first-order valence-corrected chi connectivity index (χ1v) is 8.23. The molecule has 1 aromatic heterocycles. The van der Waals surface area contributed by atoms with Gasteiger partial charge in [-0.15, -0.1) is 0 Å². The van der Waals surface area contributed by atoms with E-state index in [0.29, 0.717) is 42.0 Å². The number of piperidine rings is 1. The van der Waals surface area contributed by atoms with Crippen LogP contribution in [0.15, 0.2) is 24.4 Å². The van der Waals surface area contributed by atoms with Crippen LogP contribution in [0.25, 0.3) is 10.9 Å². The van der Waals surface area contributed by atoms with Gasteiger partial charge in [0, 0.05) is 31.7 Å². The lowest BCUT2D eigenvalue weighted by Crippen LogP contribution is -2.38. The second-order valence-corrected chi connectivity index (χ2v) is 6.26. The predicted octanol–water partition coefficient (Wildman–Crippen LogP) is 2.48. The maximum Gasteiger partial charge on any atom is 0.279 e. The number of fused-ring (bicyclic) bond motifs is 1. The summed E-state index contributed by atoms with van der Waals surface area (Å²) in [6, 6.07) is 5.38. The number of nitrogens with zero attached hydrogens (tertiary/aromatic N) is 3. The van der Waals surface area contributed by atoms with Crippen molar-refractivity contribution in [1.82, 2.24) is 10.0 Å². The molecule has 2 aromatic rings. The fraction of sp³-hybridized carbons (Fsp3) is 0.412. The van der Waals surface area contributed by atoms with Gasteiger partial charge in [0.05, 0.1) is 35.0 Å². The monoisotopic (exact) mass is 349 g/mol. The molecule has 0 atom stereocenters. The lowest BCUT2D eigenvalue weighted by atomic mass is 10.0. The molecule has 2 heterocycles. The van der Waals surface area contributed by atoms with Gasteiger partial charge in [-0.05, 0) is 31.0 Å². The van der Waals surface area contributed by atoms with E-state index >= 15 is 0 Å². The van der Waals surface area contributed by atoms with Crippen molar-refractivity contribution < 1.29 is 14.7 Å². The average Bonchev–Trinajstić information content (AvgIpc) is 2.61. The zero-order chi connectivity index (χ0) is 17.3. The summed E-state index contributed by atoms with van der Waals surface area (Å²) >= 11 is 6.38. The van der Waals surface area contributed by atoms with Crippen LogP contribution >= 0.6 is 11.6 Å². The van der Waals surface area contributed by atoms with Gasteiger partial charge in [0.2, 0.25) is 0 Å². The third kappa shape index (κ3) is 3.05. The van der Waals surface area contributed by atoms with Crippen molar-refractivity contribution in [2.45, 2.75) is 18.9 Å². The van der Waals surface area contributed by atoms with Gasteiger partial charge in [0.1, 0.15) is 0 Å². The minimum atomic E-state index is -0.298. The quantitative estimate of drug-likeness (QED) is 0.862. The summed E-state index contributed by atoms with van der Waals surface area (Å²) in [5.74, 6) is -0.284. The van der Waals surface area contributed by atoms with E-state index in [1.165, 1.54) is 12.2 Å². The topological polar surface area (TPSA) is 65.9 Å². The van der Waals surface area contributed by atoms with E-state index in [0.717, 1.165) is 11.1 Å². The molecule has 7 heteroatoms. The SMILES string of the molecule is CON(C)C(=O)c1cc(Cl)c2cccnc2c1N1CCC(O)CC1. The number of hydrogen-bond acceptors (Lipinski definition) is 5. The molecule has 24 heavy (non-hydrogen) atoms. The number of rotatable bonds is 3. The van der Waals surface area contributed by atoms with Crippen LogP contribution in [0.4, 0.5) is 5.69 Å². The van der Waals surface area contributed by atoms with E-state index in [1.54, 1.807) is 19.3 Å². The fourth-order valence-electron chi connectivity index (χ4n) is 3.01. The number of hydrogen-bond donors (Lipinski definition) is 1. The van der Waals surface area contributed by atoms with E-state index in [1.807, 2.05) is 12.1 Å². The van der Waals surface area contributed by atoms with Gasteiger partial charge < -0.3 is 10.0 Å². The number of carbonyl (C=O) groups is 1. The van der Waals surface area contributed by atoms with Gasteiger partial charge in [-0.25, -0.2) is 5.06 Å². The van der Waals surface area contributed by atoms with Crippen LogP contribution in [0.1, 0.15) is 23.2 Å². The first kappa shape index (κ1) is 17.0. The highest BCUT2D eigenvalue weighted by atomic mass is 35.5. The number of anilines is 1. The van der Waals surface area contributed by atoms with E-state index in [4.69, 9.17) is 16.4 Å². The lowest BCUT2D eigenvalue weighted by Gasteiger charge is -2.33. The molecule has 0 aliphatic carbocycles. The van der Waals surface area contributed by atoms with Crippen LogP contribution in [0.3, 0.4) is 0 Å². The number of carbonyl (C=O) groups excluding carboxylic acids is 1. The van der Waals surface area contributed by atoms with Gasteiger partial charge in [0.25, 0.3) is 5.91 Å². The van der Waals surface area contributed by atoms with Crippen LogP contribution in [-0.4, -0.2) is 54.4 Å². The summed E-state index contributed by atoms with van der Waals surface area (Å²) in [5.41, 5.74) is 1.89. The maximum atomic E-state index is 12.7. The van der Waals surface area contributed by atoms with Gasteiger partial charge in [-0.1, -0.05) is 11.6 Å². The largest absolute Gasteiger partial charge is 0.393 e. The first-order chi connectivity index (χ1) is 11.5. The van der Waals surface area contributed by atoms with Crippen molar-refractivity contribution in [2.75, 3.05) is 32.1 Å². The molecule has 1 aromatic carbocycles. The zero-order valence-corrected chi connectivity index (χ0v) is 14.5. The van der Waals surface area contributed by atoms with Crippen molar-refractivity contribution in [2.24, 2.45) is 0 Å². The molecule has 0 saturated carbocycles. The normalized spacial score (nSPS) is 15.8. The number of halogens is 1. The molecule has 1 aliphatic heterocycles. The molecule has 0 radical (unpaired) electrons. The molecule has 1 N–H and O–H groups in total. The number of aliphatic hydroxyl groups excluding tert-OH is 1. The van der Waals surface area contributed by atoms with Crippen molar-refractivity contribution in [3.63, 3.8) is 0 Å². The molecule has 1 amide bonds. The molecule has 1 aliphatic rings. The molecular formula is C17H20ClN3O3. The Morgan fingerprint density at radius 3 is 2.83 bits per heavy atom. The second-order valence-electron chi connectivity index (χ2n) is 5.86. The fourth-order valence-corrected chi connectivity index (χ4v) is 3.27. The Morgan fingerprint density at radius 1 is 1.46 bits per heavy atom. The van der Waals surface area contributed by atoms with Crippen LogP contribution in [0.5, 0.6) is 0 Å². The van der Waals surface area contributed by atoms with Crippen molar-refractivity contribution >= 4 is 34.1 Å². The third-order valence-corrected chi connectivity index (χ3v) is 4.70. The number of hydroxylamine groups is 2. The molecule has 1 fully saturated rings. The lowest BCUT2D eigenvalue weighted by molar-refractivity contribution is -0.0756. The Balaban J connectivity index is 2.18. The predicted molar refractivity (Wildman–Crippen MR) is 93.3 cm³/mol. The molecule has 1 saturated heterocycles. The minimum Gasteiger partial charge on any atom is -0.393 e. The third-order valence-electron chi connectivity index (χ3n) is 4.39. The summed E-state index contributed by atoms with van der Waals surface area (Å²) in [6.45, 7) is 1.32.